The normalized spacial score (nSPS) is 18.0. The third-order valence-electron chi connectivity index (χ3n) is 5.88. The minimum absolute atomic E-state index is 0. The van der Waals surface area contributed by atoms with E-state index in [2.05, 4.69) is 10.3 Å². The number of aromatic nitrogens is 2. The number of nitrogens with one attached hydrogen (secondary N) is 1. The van der Waals surface area contributed by atoms with E-state index in [1.165, 1.54) is 12.1 Å². The van der Waals surface area contributed by atoms with E-state index in [1.807, 2.05) is 36.7 Å². The van der Waals surface area contributed by atoms with Crippen LogP contribution >= 0.6 is 24.8 Å². The zero-order chi connectivity index (χ0) is 19.8. The number of aryl methyl sites for hydroxylation is 2. The summed E-state index contributed by atoms with van der Waals surface area (Å²) in [6.07, 6.45) is 2.99. The Labute approximate surface area is 188 Å². The zero-order valence-corrected chi connectivity index (χ0v) is 18.7. The molecule has 0 spiro atoms. The summed E-state index contributed by atoms with van der Waals surface area (Å²) in [4.78, 5) is 17.3. The van der Waals surface area contributed by atoms with E-state index in [4.69, 9.17) is 5.73 Å². The van der Waals surface area contributed by atoms with Crippen molar-refractivity contribution in [2.75, 3.05) is 11.9 Å². The van der Waals surface area contributed by atoms with Gasteiger partial charge in [0, 0.05) is 30.3 Å². The van der Waals surface area contributed by atoms with Crippen LogP contribution in [0.3, 0.4) is 0 Å². The van der Waals surface area contributed by atoms with Crippen molar-refractivity contribution in [2.45, 2.75) is 26.2 Å². The van der Waals surface area contributed by atoms with Crippen LogP contribution in [0.1, 0.15) is 24.8 Å². The Morgan fingerprint density at radius 2 is 2.00 bits per heavy atom. The summed E-state index contributed by atoms with van der Waals surface area (Å²) in [7, 11) is 1.92. The van der Waals surface area contributed by atoms with Crippen LogP contribution in [-0.4, -0.2) is 22.0 Å². The predicted octanol–water partition coefficient (Wildman–Crippen LogP) is 4.84. The summed E-state index contributed by atoms with van der Waals surface area (Å²) in [5, 5.41) is 3.07. The van der Waals surface area contributed by atoms with Gasteiger partial charge in [-0.05, 0) is 68.1 Å². The molecule has 1 fully saturated rings. The maximum atomic E-state index is 13.5. The van der Waals surface area contributed by atoms with Gasteiger partial charge in [0.25, 0.3) is 0 Å². The second kappa shape index (κ2) is 9.77. The highest BCUT2D eigenvalue weighted by Crippen LogP contribution is 2.33. The Morgan fingerprint density at radius 3 is 2.70 bits per heavy atom. The molecule has 0 aliphatic heterocycles. The number of anilines is 1. The van der Waals surface area contributed by atoms with Crippen molar-refractivity contribution in [1.29, 1.82) is 0 Å². The van der Waals surface area contributed by atoms with Crippen molar-refractivity contribution in [2.24, 2.45) is 24.6 Å². The highest BCUT2D eigenvalue weighted by molar-refractivity contribution is 5.94. The van der Waals surface area contributed by atoms with Crippen LogP contribution in [0, 0.1) is 24.6 Å². The van der Waals surface area contributed by atoms with Crippen molar-refractivity contribution >= 4 is 47.4 Å². The van der Waals surface area contributed by atoms with Crippen LogP contribution < -0.4 is 11.1 Å². The molecule has 162 valence electrons. The third-order valence-corrected chi connectivity index (χ3v) is 5.88. The van der Waals surface area contributed by atoms with Crippen molar-refractivity contribution < 1.29 is 9.18 Å². The van der Waals surface area contributed by atoms with Gasteiger partial charge in [0.2, 0.25) is 5.91 Å². The molecule has 5 nitrogen and oxygen atoms in total. The van der Waals surface area contributed by atoms with Crippen LogP contribution in [0.2, 0.25) is 0 Å². The second-order valence-corrected chi connectivity index (χ2v) is 7.68. The van der Waals surface area contributed by atoms with Gasteiger partial charge >= 0.3 is 0 Å². The van der Waals surface area contributed by atoms with Crippen LogP contribution in [0.5, 0.6) is 0 Å². The summed E-state index contributed by atoms with van der Waals surface area (Å²) < 4.78 is 15.5. The molecule has 0 saturated heterocycles. The molecule has 8 heteroatoms. The first-order valence-corrected chi connectivity index (χ1v) is 9.72. The number of rotatable bonds is 4. The summed E-state index contributed by atoms with van der Waals surface area (Å²) in [5.74, 6) is 0.801. The molecule has 3 N–H and O–H groups in total. The van der Waals surface area contributed by atoms with E-state index in [1.54, 1.807) is 6.07 Å². The molecule has 2 aromatic carbocycles. The average Bonchev–Trinajstić information content (AvgIpc) is 3.28. The monoisotopic (exact) mass is 452 g/mol. The molecule has 1 aliphatic carbocycles. The molecular weight excluding hydrogens is 426 g/mol. The first-order valence-electron chi connectivity index (χ1n) is 9.72. The number of fused-ring (bicyclic) bond motifs is 1. The van der Waals surface area contributed by atoms with Crippen molar-refractivity contribution in [3.8, 4) is 11.4 Å². The lowest BCUT2D eigenvalue weighted by Crippen LogP contribution is -2.29. The summed E-state index contributed by atoms with van der Waals surface area (Å²) in [6, 6.07) is 10.5. The fourth-order valence-corrected chi connectivity index (χ4v) is 4.26. The molecular formula is C22H27Cl2FN4O. The number of amides is 1. The number of hydrogen-bond acceptors (Lipinski definition) is 3. The largest absolute Gasteiger partial charge is 0.330 e. The van der Waals surface area contributed by atoms with Gasteiger partial charge in [-0.15, -0.1) is 24.8 Å². The van der Waals surface area contributed by atoms with Gasteiger partial charge in [0.1, 0.15) is 11.6 Å². The molecule has 0 radical (unpaired) electrons. The number of nitrogens with two attached hydrogens (primary N) is 1. The molecule has 1 heterocycles. The molecule has 1 aliphatic rings. The van der Waals surface area contributed by atoms with Gasteiger partial charge in [-0.1, -0.05) is 6.42 Å². The molecule has 0 bridgehead atoms. The van der Waals surface area contributed by atoms with Crippen molar-refractivity contribution in [3.05, 3.63) is 47.8 Å². The quantitative estimate of drug-likeness (QED) is 0.594. The Kier molecular flexibility index (Phi) is 7.86. The molecule has 0 unspecified atom stereocenters. The number of nitrogens with zero attached hydrogens (tertiary/aromatic N) is 2. The highest BCUT2D eigenvalue weighted by Gasteiger charge is 2.32. The van der Waals surface area contributed by atoms with Crippen molar-refractivity contribution in [3.63, 3.8) is 0 Å². The number of halogens is 3. The van der Waals surface area contributed by atoms with Gasteiger partial charge in [-0.3, -0.25) is 4.79 Å². The van der Waals surface area contributed by atoms with Gasteiger partial charge < -0.3 is 15.6 Å². The molecule has 3 aromatic rings. The topological polar surface area (TPSA) is 72.9 Å². The maximum absolute atomic E-state index is 13.5. The van der Waals surface area contributed by atoms with Crippen LogP contribution in [0.4, 0.5) is 10.1 Å². The third kappa shape index (κ3) is 4.46. The first kappa shape index (κ1) is 24.1. The van der Waals surface area contributed by atoms with E-state index in [9.17, 15) is 9.18 Å². The number of imidazole rings is 1. The summed E-state index contributed by atoms with van der Waals surface area (Å²) in [5.41, 5.74) is 10.0. The lowest BCUT2D eigenvalue weighted by atomic mass is 9.95. The van der Waals surface area contributed by atoms with Gasteiger partial charge in [0.05, 0.1) is 11.0 Å². The molecule has 30 heavy (non-hydrogen) atoms. The zero-order valence-electron chi connectivity index (χ0n) is 17.0. The molecule has 1 saturated carbocycles. The van der Waals surface area contributed by atoms with Crippen LogP contribution in [0.15, 0.2) is 36.4 Å². The highest BCUT2D eigenvalue weighted by atomic mass is 35.5. The van der Waals surface area contributed by atoms with E-state index in [-0.39, 0.29) is 48.4 Å². The van der Waals surface area contributed by atoms with E-state index >= 15 is 0 Å². The lowest BCUT2D eigenvalue weighted by molar-refractivity contribution is -0.120. The van der Waals surface area contributed by atoms with E-state index in [0.717, 1.165) is 47.4 Å². The van der Waals surface area contributed by atoms with Gasteiger partial charge in [-0.2, -0.15) is 0 Å². The molecule has 4 rings (SSSR count). The van der Waals surface area contributed by atoms with E-state index < -0.39 is 0 Å². The number of benzene rings is 2. The first-order chi connectivity index (χ1) is 13.5. The molecule has 1 amide bonds. The standard InChI is InChI=1S/C22H25FN4O.2ClH/c1-13-10-14(21-25-19-11-16(23)7-9-20(19)27(21)2)6-8-18(13)26-22(28)17-5-3-4-15(17)12-24;;/h6-11,15,17H,3-5,12,24H2,1-2H3,(H,26,28);2*1H/t15-,17-;;/m1../s1. The summed E-state index contributed by atoms with van der Waals surface area (Å²) in [6.45, 7) is 2.53. The second-order valence-electron chi connectivity index (χ2n) is 7.68. The fraction of sp³-hybridized carbons (Fsp3) is 0.364. The molecule has 1 aromatic heterocycles. The average molecular weight is 453 g/mol. The SMILES string of the molecule is Cc1cc(-c2nc3cc(F)ccc3n2C)ccc1NC(=O)[C@@H]1CCC[C@@H]1CN.Cl.Cl. The van der Waals surface area contributed by atoms with Crippen molar-refractivity contribution in [1.82, 2.24) is 9.55 Å². The number of hydrogen-bond donors (Lipinski definition) is 2. The predicted molar refractivity (Wildman–Crippen MR) is 124 cm³/mol. The lowest BCUT2D eigenvalue weighted by Gasteiger charge is -2.18. The molecule has 2 atom stereocenters. The van der Waals surface area contributed by atoms with Crippen LogP contribution in [0.25, 0.3) is 22.4 Å². The Balaban J connectivity index is 0.00000160. The smallest absolute Gasteiger partial charge is 0.227 e. The minimum Gasteiger partial charge on any atom is -0.330 e. The number of carbonyl (C=O) groups excluding carboxylic acids is 1. The minimum atomic E-state index is -0.297. The summed E-state index contributed by atoms with van der Waals surface area (Å²) >= 11 is 0. The Hall–Kier alpha value is -2.15. The fourth-order valence-electron chi connectivity index (χ4n) is 4.26. The Bertz CT molecular complexity index is 1050. The van der Waals surface area contributed by atoms with E-state index in [0.29, 0.717) is 12.1 Å². The van der Waals surface area contributed by atoms with Gasteiger partial charge in [0.15, 0.2) is 0 Å². The van der Waals surface area contributed by atoms with Crippen LogP contribution in [-0.2, 0) is 11.8 Å². The Morgan fingerprint density at radius 1 is 1.23 bits per heavy atom. The number of carbonyl (C=O) groups is 1. The maximum Gasteiger partial charge on any atom is 0.227 e. The van der Waals surface area contributed by atoms with Gasteiger partial charge in [-0.25, -0.2) is 9.37 Å².